The summed E-state index contributed by atoms with van der Waals surface area (Å²) in [4.78, 5) is 27.7. The van der Waals surface area contributed by atoms with Gasteiger partial charge in [0.15, 0.2) is 0 Å². The van der Waals surface area contributed by atoms with E-state index < -0.39 is 5.97 Å². The van der Waals surface area contributed by atoms with Crippen LogP contribution >= 0.6 is 0 Å². The van der Waals surface area contributed by atoms with Gasteiger partial charge in [-0.25, -0.2) is 5.43 Å². The summed E-state index contributed by atoms with van der Waals surface area (Å²) in [5.74, 6) is -0.0825. The van der Waals surface area contributed by atoms with Crippen LogP contribution in [0.4, 0.5) is 11.4 Å². The molecule has 198 valence electrons. The molecule has 2 bridgehead atoms. The second kappa shape index (κ2) is 10.0. The van der Waals surface area contributed by atoms with Crippen LogP contribution in [0, 0.1) is 18.3 Å². The number of carboxylic acids is 1. The molecule has 3 aliphatic rings. The summed E-state index contributed by atoms with van der Waals surface area (Å²) in [6, 6.07) is 10.3. The number of hydrogen-bond acceptors (Lipinski definition) is 5. The fraction of sp³-hybridized carbons (Fsp3) is 0.533. The largest absolute Gasteiger partial charge is 0.481 e. The zero-order chi connectivity index (χ0) is 26.3. The van der Waals surface area contributed by atoms with E-state index in [9.17, 15) is 14.7 Å². The number of nitrogen functional groups attached to an aromatic ring is 1. The second-order valence-corrected chi connectivity index (χ2v) is 11.3. The third kappa shape index (κ3) is 4.58. The molecule has 1 unspecified atom stereocenters. The van der Waals surface area contributed by atoms with Gasteiger partial charge in [0.2, 0.25) is 5.91 Å². The molecule has 0 spiro atoms. The molecule has 2 aliphatic carbocycles. The van der Waals surface area contributed by atoms with Crippen molar-refractivity contribution in [2.45, 2.75) is 71.3 Å². The molecule has 2 saturated carbocycles. The molecular weight excluding hydrogens is 464 g/mol. The highest BCUT2D eigenvalue weighted by Crippen LogP contribution is 2.55. The molecule has 0 saturated heterocycles. The van der Waals surface area contributed by atoms with Gasteiger partial charge in [-0.3, -0.25) is 9.59 Å². The van der Waals surface area contributed by atoms with Crippen LogP contribution < -0.4 is 16.2 Å². The first kappa shape index (κ1) is 25.6. The van der Waals surface area contributed by atoms with Crippen LogP contribution in [0.3, 0.4) is 0 Å². The number of hydrogen-bond donors (Lipinski definition) is 3. The van der Waals surface area contributed by atoms with E-state index in [-0.39, 0.29) is 17.8 Å². The predicted octanol–water partition coefficient (Wildman–Crippen LogP) is 4.61. The molecule has 1 aliphatic heterocycles. The molecule has 0 radical (unpaired) electrons. The Kier molecular flexibility index (Phi) is 6.92. The number of hydrazine groups is 1. The van der Waals surface area contributed by atoms with Crippen molar-refractivity contribution in [1.29, 1.82) is 0 Å². The molecule has 7 heteroatoms. The fourth-order valence-corrected chi connectivity index (χ4v) is 7.17. The maximum absolute atomic E-state index is 13.6. The normalized spacial score (nSPS) is 23.1. The molecule has 2 fully saturated rings. The van der Waals surface area contributed by atoms with Crippen LogP contribution in [0.15, 0.2) is 30.3 Å². The average Bonchev–Trinajstić information content (AvgIpc) is 3.52. The molecule has 1 heterocycles. The minimum absolute atomic E-state index is 0.0188. The van der Waals surface area contributed by atoms with Crippen molar-refractivity contribution >= 4 is 23.3 Å². The summed E-state index contributed by atoms with van der Waals surface area (Å²) >= 11 is 0. The van der Waals surface area contributed by atoms with Crippen molar-refractivity contribution in [2.75, 3.05) is 30.9 Å². The van der Waals surface area contributed by atoms with Gasteiger partial charge in [-0.05, 0) is 92.2 Å². The molecule has 1 amide bonds. The summed E-state index contributed by atoms with van der Waals surface area (Å²) in [6.45, 7) is 6.15. The monoisotopic (exact) mass is 504 g/mol. The molecule has 4 N–H and O–H groups in total. The van der Waals surface area contributed by atoms with E-state index in [1.165, 1.54) is 18.4 Å². The van der Waals surface area contributed by atoms with Crippen molar-refractivity contribution in [1.82, 2.24) is 10.3 Å². The molecule has 5 rings (SSSR count). The number of carbonyl (C=O) groups is 2. The Morgan fingerprint density at radius 2 is 1.97 bits per heavy atom. The Morgan fingerprint density at radius 3 is 2.59 bits per heavy atom. The lowest BCUT2D eigenvalue weighted by atomic mass is 9.81. The van der Waals surface area contributed by atoms with E-state index in [4.69, 9.17) is 5.73 Å². The Bertz CT molecular complexity index is 1200. The maximum Gasteiger partial charge on any atom is 0.304 e. The first-order chi connectivity index (χ1) is 17.8. The Hall–Kier alpha value is -3.06. The van der Waals surface area contributed by atoms with Crippen molar-refractivity contribution < 1.29 is 14.7 Å². The van der Waals surface area contributed by atoms with E-state index in [1.54, 1.807) is 0 Å². The smallest absolute Gasteiger partial charge is 0.304 e. The lowest BCUT2D eigenvalue weighted by Gasteiger charge is -2.36. The molecule has 1 atom stereocenters. The quantitative estimate of drug-likeness (QED) is 0.359. The van der Waals surface area contributed by atoms with Gasteiger partial charge in [0.1, 0.15) is 0 Å². The third-order valence-corrected chi connectivity index (χ3v) is 9.29. The first-order valence-corrected chi connectivity index (χ1v) is 13.7. The van der Waals surface area contributed by atoms with Crippen LogP contribution in [0.25, 0.3) is 0 Å². The van der Waals surface area contributed by atoms with Crippen LogP contribution in [-0.4, -0.2) is 42.0 Å². The second-order valence-electron chi connectivity index (χ2n) is 11.3. The number of anilines is 2. The zero-order valence-electron chi connectivity index (χ0n) is 22.3. The number of amides is 1. The van der Waals surface area contributed by atoms with E-state index in [2.05, 4.69) is 28.5 Å². The summed E-state index contributed by atoms with van der Waals surface area (Å²) in [5, 5.41) is 11.8. The lowest BCUT2D eigenvalue weighted by molar-refractivity contribution is -0.142. The van der Waals surface area contributed by atoms with Crippen molar-refractivity contribution in [3.63, 3.8) is 0 Å². The molecule has 2 aromatic carbocycles. The SMILES string of the molecule is CCN(NC)c1ccc(C(CC(=O)O)c2ccc3c(c2)CN(C(=O)C24CCC(CC2)C4)CC3)c(C)c1N. The van der Waals surface area contributed by atoms with Crippen LogP contribution in [0.1, 0.15) is 79.2 Å². The number of carbonyl (C=O) groups excluding carboxylic acids is 1. The van der Waals surface area contributed by atoms with E-state index >= 15 is 0 Å². The zero-order valence-corrected chi connectivity index (χ0v) is 22.3. The van der Waals surface area contributed by atoms with Gasteiger partial charge in [0, 0.05) is 38.0 Å². The Balaban J connectivity index is 1.45. The minimum Gasteiger partial charge on any atom is -0.481 e. The number of rotatable bonds is 8. The van der Waals surface area contributed by atoms with E-state index in [0.29, 0.717) is 18.1 Å². The molecular formula is C30H40N4O3. The maximum atomic E-state index is 13.6. The van der Waals surface area contributed by atoms with Gasteiger partial charge in [0.05, 0.1) is 17.8 Å². The molecule has 37 heavy (non-hydrogen) atoms. The van der Waals surface area contributed by atoms with Crippen LogP contribution in [-0.2, 0) is 22.6 Å². The number of aliphatic carboxylic acids is 1. The van der Waals surface area contributed by atoms with Crippen molar-refractivity contribution in [3.8, 4) is 0 Å². The minimum atomic E-state index is -0.844. The number of benzene rings is 2. The molecule has 2 aromatic rings. The van der Waals surface area contributed by atoms with Gasteiger partial charge in [0.25, 0.3) is 0 Å². The fourth-order valence-electron chi connectivity index (χ4n) is 7.17. The standard InChI is InChI=1S/C30H40N4O3/c1-4-34(32-3)26-8-7-24(19(2)28(26)31)25(16-27(35)36)22-6-5-21-11-14-33(18-23(21)15-22)29(37)30-12-9-20(17-30)10-13-30/h5-8,15,20,25,32H,4,9-14,16-18,31H2,1-3H3,(H,35,36). The van der Waals surface area contributed by atoms with Gasteiger partial charge < -0.3 is 20.7 Å². The lowest BCUT2D eigenvalue weighted by Crippen LogP contribution is -2.44. The Labute approximate surface area is 220 Å². The van der Waals surface area contributed by atoms with E-state index in [1.807, 2.05) is 38.0 Å². The van der Waals surface area contributed by atoms with Crippen LogP contribution in [0.5, 0.6) is 0 Å². The molecule has 7 nitrogen and oxygen atoms in total. The van der Waals surface area contributed by atoms with Gasteiger partial charge in [-0.2, -0.15) is 0 Å². The van der Waals surface area contributed by atoms with E-state index in [0.717, 1.165) is 72.6 Å². The highest BCUT2D eigenvalue weighted by molar-refractivity contribution is 5.84. The number of carboxylic acid groups (broad SMARTS) is 1. The summed E-state index contributed by atoms with van der Waals surface area (Å²) in [5.41, 5.74) is 16.3. The topological polar surface area (TPSA) is 98.9 Å². The number of nitrogens with two attached hydrogens (primary N) is 1. The number of nitrogens with zero attached hydrogens (tertiary/aromatic N) is 2. The summed E-state index contributed by atoms with van der Waals surface area (Å²) in [6.07, 6.45) is 6.37. The van der Waals surface area contributed by atoms with Crippen molar-refractivity contribution in [3.05, 3.63) is 58.1 Å². The first-order valence-electron chi connectivity index (χ1n) is 13.7. The summed E-state index contributed by atoms with van der Waals surface area (Å²) < 4.78 is 0. The van der Waals surface area contributed by atoms with Gasteiger partial charge in [-0.1, -0.05) is 24.3 Å². The summed E-state index contributed by atoms with van der Waals surface area (Å²) in [7, 11) is 1.86. The highest BCUT2D eigenvalue weighted by atomic mass is 16.4. The molecule has 0 aromatic heterocycles. The van der Waals surface area contributed by atoms with Crippen LogP contribution in [0.2, 0.25) is 0 Å². The highest BCUT2D eigenvalue weighted by Gasteiger charge is 2.51. The third-order valence-electron chi connectivity index (χ3n) is 9.29. The number of fused-ring (bicyclic) bond motifs is 3. The predicted molar refractivity (Wildman–Crippen MR) is 146 cm³/mol. The van der Waals surface area contributed by atoms with Crippen molar-refractivity contribution in [2.24, 2.45) is 11.3 Å². The average molecular weight is 505 g/mol. The number of nitrogens with one attached hydrogen (secondary N) is 1. The Morgan fingerprint density at radius 1 is 1.22 bits per heavy atom. The van der Waals surface area contributed by atoms with Gasteiger partial charge >= 0.3 is 5.97 Å². The van der Waals surface area contributed by atoms with Gasteiger partial charge in [-0.15, -0.1) is 0 Å².